The van der Waals surface area contributed by atoms with E-state index in [4.69, 9.17) is 0 Å². The lowest BCUT2D eigenvalue weighted by Gasteiger charge is -2.11. The molecule has 0 radical (unpaired) electrons. The topological polar surface area (TPSA) is 89.7 Å². The molecule has 16 heavy (non-hydrogen) atoms. The van der Waals surface area contributed by atoms with Gasteiger partial charge in [-0.3, -0.25) is 10.1 Å². The molecule has 0 aliphatic carbocycles. The van der Waals surface area contributed by atoms with Gasteiger partial charge in [-0.05, 0) is 12.5 Å². The first-order valence-corrected chi connectivity index (χ1v) is 4.48. The number of hydrogen-bond donors (Lipinski definition) is 1. The first-order chi connectivity index (χ1) is 7.49. The molecule has 0 aliphatic rings. The zero-order valence-electron chi connectivity index (χ0n) is 8.84. The van der Waals surface area contributed by atoms with Crippen molar-refractivity contribution in [1.29, 1.82) is 0 Å². The van der Waals surface area contributed by atoms with E-state index >= 15 is 0 Å². The Morgan fingerprint density at radius 1 is 1.56 bits per heavy atom. The summed E-state index contributed by atoms with van der Waals surface area (Å²) in [4.78, 5) is 21.2. The largest absolute Gasteiger partial charge is 0.467 e. The number of ether oxygens (including phenoxy) is 1. The lowest BCUT2D eigenvalue weighted by molar-refractivity contribution is -0.386. The Hall–Kier alpha value is -1.95. The predicted octanol–water partition coefficient (Wildman–Crippen LogP) is 1.11. The second-order valence-electron chi connectivity index (χ2n) is 3.19. The lowest BCUT2D eigenvalue weighted by atomic mass is 10.0. The Kier molecular flexibility index (Phi) is 3.57. The molecule has 0 aromatic heterocycles. The Bertz CT molecular complexity index is 429. The molecule has 1 unspecified atom stereocenters. The average molecular weight is 225 g/mol. The van der Waals surface area contributed by atoms with Gasteiger partial charge in [0.15, 0.2) is 6.10 Å². The molecule has 1 rings (SSSR count). The van der Waals surface area contributed by atoms with Crippen LogP contribution in [-0.2, 0) is 9.53 Å². The quantitative estimate of drug-likeness (QED) is 0.472. The van der Waals surface area contributed by atoms with Gasteiger partial charge in [-0.2, -0.15) is 0 Å². The smallest absolute Gasteiger partial charge is 0.339 e. The van der Waals surface area contributed by atoms with Gasteiger partial charge >= 0.3 is 5.97 Å². The molecule has 86 valence electrons. The standard InChI is InChI=1S/C10H11NO5/c1-6-4-3-5-7(11(14)15)8(6)9(12)10(13)16-2/h3-5,9,12H,1-2H3. The molecule has 0 bridgehead atoms. The Balaban J connectivity index is 3.30. The first-order valence-electron chi connectivity index (χ1n) is 4.48. The van der Waals surface area contributed by atoms with E-state index in [0.717, 1.165) is 7.11 Å². The van der Waals surface area contributed by atoms with Gasteiger partial charge in [0, 0.05) is 6.07 Å². The highest BCUT2D eigenvalue weighted by molar-refractivity contribution is 5.78. The van der Waals surface area contributed by atoms with Gasteiger partial charge in [-0.15, -0.1) is 0 Å². The highest BCUT2D eigenvalue weighted by Gasteiger charge is 2.28. The molecule has 6 nitrogen and oxygen atoms in total. The highest BCUT2D eigenvalue weighted by atomic mass is 16.6. The van der Waals surface area contributed by atoms with E-state index in [1.54, 1.807) is 13.0 Å². The minimum Gasteiger partial charge on any atom is -0.467 e. The summed E-state index contributed by atoms with van der Waals surface area (Å²) >= 11 is 0. The van der Waals surface area contributed by atoms with Gasteiger partial charge in [0.2, 0.25) is 0 Å². The zero-order chi connectivity index (χ0) is 12.3. The third kappa shape index (κ3) is 2.17. The number of aliphatic hydroxyl groups is 1. The van der Waals surface area contributed by atoms with Gasteiger partial charge in [-0.25, -0.2) is 4.79 Å². The fraction of sp³-hybridized carbons (Fsp3) is 0.300. The van der Waals surface area contributed by atoms with Crippen molar-refractivity contribution in [2.45, 2.75) is 13.0 Å². The van der Waals surface area contributed by atoms with E-state index in [9.17, 15) is 20.0 Å². The monoisotopic (exact) mass is 225 g/mol. The van der Waals surface area contributed by atoms with Crippen LogP contribution in [0.5, 0.6) is 0 Å². The van der Waals surface area contributed by atoms with Crippen LogP contribution in [0.3, 0.4) is 0 Å². The molecule has 0 aliphatic heterocycles. The molecule has 0 fully saturated rings. The number of methoxy groups -OCH3 is 1. The van der Waals surface area contributed by atoms with E-state index < -0.39 is 17.0 Å². The number of rotatable bonds is 3. The summed E-state index contributed by atoms with van der Waals surface area (Å²) in [5.41, 5.74) is 0.143. The summed E-state index contributed by atoms with van der Waals surface area (Å²) in [6.07, 6.45) is -1.63. The maximum Gasteiger partial charge on any atom is 0.339 e. The predicted molar refractivity (Wildman–Crippen MR) is 54.8 cm³/mol. The number of esters is 1. The van der Waals surface area contributed by atoms with Crippen molar-refractivity contribution in [3.63, 3.8) is 0 Å². The third-order valence-corrected chi connectivity index (χ3v) is 2.20. The van der Waals surface area contributed by atoms with Crippen molar-refractivity contribution in [3.05, 3.63) is 39.4 Å². The van der Waals surface area contributed by atoms with Crippen molar-refractivity contribution >= 4 is 11.7 Å². The number of nitrogens with zero attached hydrogens (tertiary/aromatic N) is 1. The summed E-state index contributed by atoms with van der Waals surface area (Å²) in [6.45, 7) is 1.58. The summed E-state index contributed by atoms with van der Waals surface area (Å²) in [6, 6.07) is 4.30. The van der Waals surface area contributed by atoms with Crippen LogP contribution in [-0.4, -0.2) is 23.1 Å². The highest BCUT2D eigenvalue weighted by Crippen LogP contribution is 2.28. The van der Waals surface area contributed by atoms with Crippen LogP contribution in [0.4, 0.5) is 5.69 Å². The maximum absolute atomic E-state index is 11.1. The SMILES string of the molecule is COC(=O)C(O)c1c(C)cccc1[N+](=O)[O-]. The molecule has 1 aromatic carbocycles. The van der Waals surface area contributed by atoms with E-state index in [2.05, 4.69) is 4.74 Å². The summed E-state index contributed by atoms with van der Waals surface area (Å²) < 4.78 is 4.34. The molecule has 1 N–H and O–H groups in total. The molecule has 0 heterocycles. The van der Waals surface area contributed by atoms with Crippen molar-refractivity contribution in [2.24, 2.45) is 0 Å². The summed E-state index contributed by atoms with van der Waals surface area (Å²) in [5, 5.41) is 20.4. The van der Waals surface area contributed by atoms with Crippen LogP contribution in [0.25, 0.3) is 0 Å². The van der Waals surface area contributed by atoms with Gasteiger partial charge in [-0.1, -0.05) is 12.1 Å². The second-order valence-corrected chi connectivity index (χ2v) is 3.19. The Morgan fingerprint density at radius 2 is 2.19 bits per heavy atom. The number of aliphatic hydroxyl groups excluding tert-OH is 1. The number of hydrogen-bond acceptors (Lipinski definition) is 5. The van der Waals surface area contributed by atoms with Crippen LogP contribution in [0, 0.1) is 17.0 Å². The summed E-state index contributed by atoms with van der Waals surface area (Å²) in [5.74, 6) is -0.919. The van der Waals surface area contributed by atoms with Gasteiger partial charge in [0.05, 0.1) is 17.6 Å². The number of benzene rings is 1. The number of aryl methyl sites for hydroxylation is 1. The molecular formula is C10H11NO5. The number of nitro groups is 1. The van der Waals surface area contributed by atoms with Crippen molar-refractivity contribution in [1.82, 2.24) is 0 Å². The fourth-order valence-corrected chi connectivity index (χ4v) is 1.41. The molecule has 0 spiro atoms. The van der Waals surface area contributed by atoms with Crippen LogP contribution < -0.4 is 0 Å². The van der Waals surface area contributed by atoms with E-state index in [-0.39, 0.29) is 11.3 Å². The second kappa shape index (κ2) is 4.71. The van der Waals surface area contributed by atoms with E-state index in [0.29, 0.717) is 5.56 Å². The van der Waals surface area contributed by atoms with E-state index in [1.807, 2.05) is 0 Å². The van der Waals surface area contributed by atoms with Crippen molar-refractivity contribution in [2.75, 3.05) is 7.11 Å². The molecule has 6 heteroatoms. The minimum absolute atomic E-state index is 0.0284. The van der Waals surface area contributed by atoms with E-state index in [1.165, 1.54) is 12.1 Å². The van der Waals surface area contributed by atoms with Crippen LogP contribution in [0.15, 0.2) is 18.2 Å². The maximum atomic E-state index is 11.1. The normalized spacial score (nSPS) is 11.9. The van der Waals surface area contributed by atoms with Crippen molar-refractivity contribution in [3.8, 4) is 0 Å². The molecule has 1 atom stereocenters. The Morgan fingerprint density at radius 3 is 2.69 bits per heavy atom. The third-order valence-electron chi connectivity index (χ3n) is 2.20. The van der Waals surface area contributed by atoms with Crippen LogP contribution in [0.2, 0.25) is 0 Å². The number of nitro benzene ring substituents is 1. The van der Waals surface area contributed by atoms with Crippen molar-refractivity contribution < 1.29 is 19.6 Å². The lowest BCUT2D eigenvalue weighted by Crippen LogP contribution is -2.16. The minimum atomic E-state index is -1.63. The van der Waals surface area contributed by atoms with Crippen LogP contribution in [0.1, 0.15) is 17.2 Å². The molecule has 0 amide bonds. The van der Waals surface area contributed by atoms with Gasteiger partial charge in [0.1, 0.15) is 0 Å². The summed E-state index contributed by atoms with van der Waals surface area (Å²) in [7, 11) is 1.11. The molecule has 0 saturated heterocycles. The van der Waals surface area contributed by atoms with Gasteiger partial charge < -0.3 is 9.84 Å². The molecule has 1 aromatic rings. The van der Waals surface area contributed by atoms with Crippen LogP contribution >= 0.6 is 0 Å². The number of carbonyl (C=O) groups excluding carboxylic acids is 1. The molecule has 0 saturated carbocycles. The molecular weight excluding hydrogens is 214 g/mol. The fourth-order valence-electron chi connectivity index (χ4n) is 1.41. The Labute approximate surface area is 91.6 Å². The average Bonchev–Trinajstić information content (AvgIpc) is 2.26. The zero-order valence-corrected chi connectivity index (χ0v) is 8.84. The van der Waals surface area contributed by atoms with Gasteiger partial charge in [0.25, 0.3) is 5.69 Å². The first kappa shape index (κ1) is 12.1. The number of carbonyl (C=O) groups is 1.